The number of anilines is 1. The molecule has 0 aliphatic heterocycles. The standard InChI is InChI=1S/C20H22F2N2O4S/c1-4-29(27,28)14-10-8-13(9-11-14)23-20(26)18(12(2)3)24-19(25)17-15(21)6-5-7-16(17)22/h5-12,18H,4H2,1-3H3,(H,23,26)(H,24,25). The minimum atomic E-state index is -3.37. The Morgan fingerprint density at radius 3 is 2.03 bits per heavy atom. The van der Waals surface area contributed by atoms with Crippen LogP contribution in [0.3, 0.4) is 0 Å². The van der Waals surface area contributed by atoms with Crippen molar-refractivity contribution < 1.29 is 26.8 Å². The monoisotopic (exact) mass is 424 g/mol. The topological polar surface area (TPSA) is 92.3 Å². The fraction of sp³-hybridized carbons (Fsp3) is 0.300. The molecule has 29 heavy (non-hydrogen) atoms. The van der Waals surface area contributed by atoms with E-state index in [1.165, 1.54) is 31.2 Å². The van der Waals surface area contributed by atoms with E-state index in [4.69, 9.17) is 0 Å². The minimum Gasteiger partial charge on any atom is -0.340 e. The Balaban J connectivity index is 2.17. The second-order valence-corrected chi connectivity index (χ2v) is 8.99. The lowest BCUT2D eigenvalue weighted by Crippen LogP contribution is -2.47. The average Bonchev–Trinajstić information content (AvgIpc) is 2.66. The number of amides is 2. The van der Waals surface area contributed by atoms with Crippen LogP contribution >= 0.6 is 0 Å². The molecule has 0 aromatic heterocycles. The van der Waals surface area contributed by atoms with Gasteiger partial charge in [0.05, 0.1) is 10.6 Å². The molecule has 2 aromatic carbocycles. The lowest BCUT2D eigenvalue weighted by atomic mass is 10.0. The molecule has 0 spiro atoms. The Labute approximate surface area is 168 Å². The van der Waals surface area contributed by atoms with Gasteiger partial charge in [0.2, 0.25) is 5.91 Å². The zero-order chi connectivity index (χ0) is 21.8. The molecule has 2 N–H and O–H groups in total. The van der Waals surface area contributed by atoms with Crippen LogP contribution in [0, 0.1) is 17.6 Å². The summed E-state index contributed by atoms with van der Waals surface area (Å²) in [4.78, 5) is 25.0. The summed E-state index contributed by atoms with van der Waals surface area (Å²) in [6.07, 6.45) is 0. The van der Waals surface area contributed by atoms with Gasteiger partial charge in [-0.3, -0.25) is 9.59 Å². The van der Waals surface area contributed by atoms with Crippen LogP contribution in [0.25, 0.3) is 0 Å². The number of hydrogen-bond donors (Lipinski definition) is 2. The van der Waals surface area contributed by atoms with Gasteiger partial charge in [-0.2, -0.15) is 0 Å². The maximum atomic E-state index is 13.8. The van der Waals surface area contributed by atoms with Gasteiger partial charge in [-0.1, -0.05) is 26.8 Å². The normalized spacial score (nSPS) is 12.5. The molecule has 0 fully saturated rings. The van der Waals surface area contributed by atoms with Gasteiger partial charge in [-0.15, -0.1) is 0 Å². The third kappa shape index (κ3) is 5.38. The molecule has 2 amide bonds. The number of hydrogen-bond acceptors (Lipinski definition) is 4. The molecule has 0 saturated carbocycles. The van der Waals surface area contributed by atoms with Gasteiger partial charge in [-0.25, -0.2) is 17.2 Å². The number of sulfone groups is 1. The fourth-order valence-electron chi connectivity index (χ4n) is 2.60. The largest absolute Gasteiger partial charge is 0.340 e. The summed E-state index contributed by atoms with van der Waals surface area (Å²) < 4.78 is 51.3. The second kappa shape index (κ2) is 9.13. The molecule has 6 nitrogen and oxygen atoms in total. The highest BCUT2D eigenvalue weighted by molar-refractivity contribution is 7.91. The van der Waals surface area contributed by atoms with Gasteiger partial charge >= 0.3 is 0 Å². The lowest BCUT2D eigenvalue weighted by Gasteiger charge is -2.22. The van der Waals surface area contributed by atoms with E-state index < -0.39 is 44.9 Å². The molecule has 0 radical (unpaired) electrons. The first-order chi connectivity index (χ1) is 13.6. The third-order valence-electron chi connectivity index (χ3n) is 4.29. The van der Waals surface area contributed by atoms with Gasteiger partial charge < -0.3 is 10.6 Å². The predicted octanol–water partition coefficient (Wildman–Crippen LogP) is 3.15. The van der Waals surface area contributed by atoms with Crippen molar-refractivity contribution in [3.63, 3.8) is 0 Å². The van der Waals surface area contributed by atoms with Gasteiger partial charge in [0.25, 0.3) is 5.91 Å². The Morgan fingerprint density at radius 1 is 1.00 bits per heavy atom. The van der Waals surface area contributed by atoms with Gasteiger partial charge in [-0.05, 0) is 42.3 Å². The van der Waals surface area contributed by atoms with E-state index in [2.05, 4.69) is 10.6 Å². The molecular formula is C20H22F2N2O4S. The molecule has 0 saturated heterocycles. The SMILES string of the molecule is CCS(=O)(=O)c1ccc(NC(=O)C(NC(=O)c2c(F)cccc2F)C(C)C)cc1. The van der Waals surface area contributed by atoms with Crippen LogP contribution in [0.1, 0.15) is 31.1 Å². The molecule has 0 aliphatic rings. The summed E-state index contributed by atoms with van der Waals surface area (Å²) in [5, 5.41) is 4.92. The van der Waals surface area contributed by atoms with E-state index >= 15 is 0 Å². The van der Waals surface area contributed by atoms with Gasteiger partial charge in [0.15, 0.2) is 9.84 Å². The summed E-state index contributed by atoms with van der Waals surface area (Å²) in [6, 6.07) is 7.56. The van der Waals surface area contributed by atoms with Crippen molar-refractivity contribution in [2.24, 2.45) is 5.92 Å². The van der Waals surface area contributed by atoms with E-state index in [0.29, 0.717) is 5.69 Å². The smallest absolute Gasteiger partial charge is 0.257 e. The first kappa shape index (κ1) is 22.5. The van der Waals surface area contributed by atoms with Crippen molar-refractivity contribution in [3.05, 3.63) is 59.7 Å². The first-order valence-electron chi connectivity index (χ1n) is 8.95. The van der Waals surface area contributed by atoms with Crippen LogP contribution in [-0.4, -0.2) is 32.0 Å². The van der Waals surface area contributed by atoms with Crippen molar-refractivity contribution in [2.45, 2.75) is 31.7 Å². The van der Waals surface area contributed by atoms with E-state index in [9.17, 15) is 26.8 Å². The molecule has 1 unspecified atom stereocenters. The number of benzene rings is 2. The molecular weight excluding hydrogens is 402 g/mol. The second-order valence-electron chi connectivity index (χ2n) is 6.71. The highest BCUT2D eigenvalue weighted by Crippen LogP contribution is 2.17. The summed E-state index contributed by atoms with van der Waals surface area (Å²) in [5.74, 6) is -4.13. The van der Waals surface area contributed by atoms with E-state index in [1.807, 2.05) is 0 Å². The summed E-state index contributed by atoms with van der Waals surface area (Å²) in [5.41, 5.74) is -0.443. The average molecular weight is 424 g/mol. The summed E-state index contributed by atoms with van der Waals surface area (Å²) in [7, 11) is -3.37. The Kier molecular flexibility index (Phi) is 7.07. The van der Waals surface area contributed by atoms with Crippen LogP contribution in [-0.2, 0) is 14.6 Å². The van der Waals surface area contributed by atoms with Crippen molar-refractivity contribution >= 4 is 27.3 Å². The fourth-order valence-corrected chi connectivity index (χ4v) is 3.48. The minimum absolute atomic E-state index is 0.0488. The molecule has 9 heteroatoms. The Morgan fingerprint density at radius 2 is 1.55 bits per heavy atom. The summed E-state index contributed by atoms with van der Waals surface area (Å²) in [6.45, 7) is 4.86. The summed E-state index contributed by atoms with van der Waals surface area (Å²) >= 11 is 0. The van der Waals surface area contributed by atoms with Crippen molar-refractivity contribution in [2.75, 3.05) is 11.1 Å². The Hall–Kier alpha value is -2.81. The molecule has 1 atom stereocenters. The lowest BCUT2D eigenvalue weighted by molar-refractivity contribution is -0.118. The van der Waals surface area contributed by atoms with Crippen LogP contribution in [0.15, 0.2) is 47.4 Å². The predicted molar refractivity (Wildman–Crippen MR) is 105 cm³/mol. The van der Waals surface area contributed by atoms with Gasteiger partial charge in [0.1, 0.15) is 23.2 Å². The van der Waals surface area contributed by atoms with Crippen molar-refractivity contribution in [1.82, 2.24) is 5.32 Å². The third-order valence-corrected chi connectivity index (χ3v) is 6.04. The zero-order valence-electron chi connectivity index (χ0n) is 16.2. The molecule has 156 valence electrons. The highest BCUT2D eigenvalue weighted by Gasteiger charge is 2.27. The maximum Gasteiger partial charge on any atom is 0.257 e. The van der Waals surface area contributed by atoms with Gasteiger partial charge in [0, 0.05) is 5.69 Å². The first-order valence-corrected chi connectivity index (χ1v) is 10.6. The number of carbonyl (C=O) groups is 2. The van der Waals surface area contributed by atoms with Crippen molar-refractivity contribution in [3.8, 4) is 0 Å². The Bertz CT molecular complexity index is 985. The van der Waals surface area contributed by atoms with E-state index in [-0.39, 0.29) is 16.6 Å². The number of nitrogens with one attached hydrogen (secondary N) is 2. The number of rotatable bonds is 7. The molecule has 0 aliphatic carbocycles. The molecule has 2 rings (SSSR count). The van der Waals surface area contributed by atoms with Crippen LogP contribution in [0.5, 0.6) is 0 Å². The molecule has 0 bridgehead atoms. The molecule has 2 aromatic rings. The number of carbonyl (C=O) groups excluding carboxylic acids is 2. The van der Waals surface area contributed by atoms with Crippen LogP contribution < -0.4 is 10.6 Å². The number of halogens is 2. The zero-order valence-corrected chi connectivity index (χ0v) is 17.0. The van der Waals surface area contributed by atoms with Crippen molar-refractivity contribution in [1.29, 1.82) is 0 Å². The quantitative estimate of drug-likeness (QED) is 0.714. The van der Waals surface area contributed by atoms with Crippen LogP contribution in [0.2, 0.25) is 0 Å². The molecule has 0 heterocycles. The highest BCUT2D eigenvalue weighted by atomic mass is 32.2. The van der Waals surface area contributed by atoms with E-state index in [0.717, 1.165) is 18.2 Å². The maximum absolute atomic E-state index is 13.8. The van der Waals surface area contributed by atoms with E-state index in [1.54, 1.807) is 13.8 Å². The van der Waals surface area contributed by atoms with Crippen LogP contribution in [0.4, 0.5) is 14.5 Å².